The lowest BCUT2D eigenvalue weighted by Crippen LogP contribution is -1.93. The number of hydrogen-bond acceptors (Lipinski definition) is 5. The maximum atomic E-state index is 6.22. The minimum absolute atomic E-state index is 0.264. The zero-order valence-corrected chi connectivity index (χ0v) is 11.4. The number of fused-ring (bicyclic) bond motifs is 3. The Morgan fingerprint density at radius 2 is 2.05 bits per heavy atom. The maximum absolute atomic E-state index is 6.22. The van der Waals surface area contributed by atoms with Crippen LogP contribution in [0, 0.1) is 0 Å². The molecule has 6 nitrogen and oxygen atoms in total. The summed E-state index contributed by atoms with van der Waals surface area (Å²) in [6.07, 6.45) is 3.13. The molecule has 1 aromatic carbocycles. The van der Waals surface area contributed by atoms with E-state index in [2.05, 4.69) is 20.2 Å². The van der Waals surface area contributed by atoms with E-state index in [1.165, 1.54) is 0 Å². The van der Waals surface area contributed by atoms with Crippen molar-refractivity contribution < 1.29 is 4.42 Å². The first-order valence-corrected chi connectivity index (χ1v) is 6.58. The number of furan rings is 1. The molecule has 0 aliphatic rings. The van der Waals surface area contributed by atoms with Gasteiger partial charge in [0.15, 0.2) is 5.65 Å². The van der Waals surface area contributed by atoms with E-state index < -0.39 is 0 Å². The van der Waals surface area contributed by atoms with E-state index in [1.807, 2.05) is 24.3 Å². The van der Waals surface area contributed by atoms with E-state index in [4.69, 9.17) is 16.0 Å². The Balaban J connectivity index is 1.93. The van der Waals surface area contributed by atoms with Gasteiger partial charge in [0.25, 0.3) is 5.95 Å². The number of aliphatic imine (C=N–C) groups is 1. The van der Waals surface area contributed by atoms with Crippen LogP contribution in [0.2, 0.25) is 5.28 Å². The molecule has 0 aliphatic heterocycles. The van der Waals surface area contributed by atoms with Crippen molar-refractivity contribution in [1.82, 2.24) is 19.6 Å². The first-order valence-electron chi connectivity index (χ1n) is 6.20. The summed E-state index contributed by atoms with van der Waals surface area (Å²) in [5.41, 5.74) is 1.39. The first kappa shape index (κ1) is 12.0. The van der Waals surface area contributed by atoms with E-state index in [0.29, 0.717) is 17.4 Å². The Labute approximate surface area is 123 Å². The Bertz CT molecular complexity index is 958. The third-order valence-corrected chi connectivity index (χ3v) is 3.29. The highest BCUT2D eigenvalue weighted by molar-refractivity contribution is 6.29. The molecule has 3 heterocycles. The van der Waals surface area contributed by atoms with Crippen molar-refractivity contribution in [2.75, 3.05) is 0 Å². The Kier molecular flexibility index (Phi) is 2.68. The standard InChI is InChI=1S/C14H8ClN5O/c15-13-17-11-6-2-1-5-10(11)12-18-19-14(20(12)13)16-8-9-4-3-7-21-9/h1-8H/b16-8+. The fourth-order valence-electron chi connectivity index (χ4n) is 2.10. The molecule has 0 unspecified atom stereocenters. The maximum Gasteiger partial charge on any atom is 0.257 e. The molecule has 4 aromatic rings. The van der Waals surface area contributed by atoms with Gasteiger partial charge in [-0.3, -0.25) is 0 Å². The van der Waals surface area contributed by atoms with Gasteiger partial charge in [-0.1, -0.05) is 12.1 Å². The van der Waals surface area contributed by atoms with Crippen molar-refractivity contribution in [2.45, 2.75) is 0 Å². The van der Waals surface area contributed by atoms with E-state index >= 15 is 0 Å². The summed E-state index contributed by atoms with van der Waals surface area (Å²) in [4.78, 5) is 8.58. The molecule has 0 atom stereocenters. The third-order valence-electron chi connectivity index (χ3n) is 3.04. The highest BCUT2D eigenvalue weighted by Crippen LogP contribution is 2.24. The second-order valence-corrected chi connectivity index (χ2v) is 4.67. The molecule has 0 N–H and O–H groups in total. The van der Waals surface area contributed by atoms with Crippen LogP contribution in [-0.2, 0) is 0 Å². The normalized spacial score (nSPS) is 11.9. The number of rotatable bonds is 2. The Morgan fingerprint density at radius 1 is 1.14 bits per heavy atom. The number of nitrogens with zero attached hydrogens (tertiary/aromatic N) is 5. The van der Waals surface area contributed by atoms with Crippen molar-refractivity contribution in [1.29, 1.82) is 0 Å². The van der Waals surface area contributed by atoms with Gasteiger partial charge in [0.2, 0.25) is 5.28 Å². The molecule has 7 heteroatoms. The zero-order valence-electron chi connectivity index (χ0n) is 10.6. The topological polar surface area (TPSA) is 68.6 Å². The van der Waals surface area contributed by atoms with Crippen LogP contribution in [0.15, 0.2) is 52.1 Å². The van der Waals surface area contributed by atoms with E-state index in [0.717, 1.165) is 10.9 Å². The number of benzene rings is 1. The fourth-order valence-corrected chi connectivity index (χ4v) is 2.35. The Hall–Kier alpha value is -2.73. The van der Waals surface area contributed by atoms with E-state index in [1.54, 1.807) is 29.0 Å². The lowest BCUT2D eigenvalue weighted by atomic mass is 10.2. The lowest BCUT2D eigenvalue weighted by Gasteiger charge is -2.01. The van der Waals surface area contributed by atoms with Gasteiger partial charge in [0.05, 0.1) is 18.0 Å². The zero-order chi connectivity index (χ0) is 14.2. The van der Waals surface area contributed by atoms with E-state index in [9.17, 15) is 0 Å². The van der Waals surface area contributed by atoms with Crippen LogP contribution < -0.4 is 0 Å². The minimum atomic E-state index is 0.264. The first-order chi connectivity index (χ1) is 10.3. The molecule has 0 amide bonds. The molecule has 0 radical (unpaired) electrons. The summed E-state index contributed by atoms with van der Waals surface area (Å²) in [7, 11) is 0. The molecule has 0 aliphatic carbocycles. The van der Waals surface area contributed by atoms with Gasteiger partial charge < -0.3 is 4.42 Å². The smallest absolute Gasteiger partial charge is 0.257 e. The second kappa shape index (κ2) is 4.68. The molecule has 0 saturated carbocycles. The SMILES string of the molecule is Clc1nc2ccccc2c2nnc(/N=C/c3ccco3)n12. The predicted molar refractivity (Wildman–Crippen MR) is 79.3 cm³/mol. The molecule has 0 saturated heterocycles. The molecule has 0 fully saturated rings. The number of hydrogen-bond donors (Lipinski definition) is 0. The Morgan fingerprint density at radius 3 is 2.90 bits per heavy atom. The molecule has 0 bridgehead atoms. The highest BCUT2D eigenvalue weighted by Gasteiger charge is 2.12. The fraction of sp³-hybridized carbons (Fsp3) is 0. The average molecular weight is 298 g/mol. The van der Waals surface area contributed by atoms with Gasteiger partial charge in [0.1, 0.15) is 5.76 Å². The number of para-hydroxylation sites is 1. The molecule has 4 rings (SSSR count). The summed E-state index contributed by atoms with van der Waals surface area (Å²) in [6.45, 7) is 0. The van der Waals surface area contributed by atoms with Crippen LogP contribution in [0.25, 0.3) is 16.6 Å². The molecular weight excluding hydrogens is 290 g/mol. The monoisotopic (exact) mass is 297 g/mol. The van der Waals surface area contributed by atoms with Gasteiger partial charge in [-0.25, -0.2) is 14.4 Å². The average Bonchev–Trinajstić information content (AvgIpc) is 3.15. The molecular formula is C14H8ClN5O. The number of aromatic nitrogens is 4. The predicted octanol–water partition coefficient (Wildman–Crippen LogP) is 3.27. The number of halogens is 1. The van der Waals surface area contributed by atoms with Crippen LogP contribution in [0.4, 0.5) is 5.95 Å². The second-order valence-electron chi connectivity index (χ2n) is 4.33. The van der Waals surface area contributed by atoms with Crippen LogP contribution in [-0.4, -0.2) is 25.8 Å². The van der Waals surface area contributed by atoms with Crippen molar-refractivity contribution in [3.63, 3.8) is 0 Å². The molecule has 21 heavy (non-hydrogen) atoms. The highest BCUT2D eigenvalue weighted by atomic mass is 35.5. The quantitative estimate of drug-likeness (QED) is 0.420. The summed E-state index contributed by atoms with van der Waals surface area (Å²) < 4.78 is 6.79. The summed E-state index contributed by atoms with van der Waals surface area (Å²) in [5, 5.41) is 9.34. The minimum Gasteiger partial charge on any atom is -0.463 e. The van der Waals surface area contributed by atoms with Crippen LogP contribution in [0.1, 0.15) is 5.76 Å². The van der Waals surface area contributed by atoms with Crippen LogP contribution in [0.5, 0.6) is 0 Å². The van der Waals surface area contributed by atoms with Crippen LogP contribution >= 0.6 is 11.6 Å². The summed E-state index contributed by atoms with van der Waals surface area (Å²) >= 11 is 6.22. The van der Waals surface area contributed by atoms with Gasteiger partial charge in [-0.2, -0.15) is 0 Å². The summed E-state index contributed by atoms with van der Waals surface area (Å²) in [5.74, 6) is 0.973. The van der Waals surface area contributed by atoms with Crippen molar-refractivity contribution in [2.24, 2.45) is 4.99 Å². The summed E-state index contributed by atoms with van der Waals surface area (Å²) in [6, 6.07) is 11.2. The molecule has 102 valence electrons. The van der Waals surface area contributed by atoms with Crippen LogP contribution in [0.3, 0.4) is 0 Å². The van der Waals surface area contributed by atoms with Gasteiger partial charge in [0, 0.05) is 5.39 Å². The van der Waals surface area contributed by atoms with Crippen molar-refractivity contribution >= 4 is 40.3 Å². The van der Waals surface area contributed by atoms with Gasteiger partial charge in [-0.15, -0.1) is 10.2 Å². The third kappa shape index (κ3) is 1.96. The molecule has 0 spiro atoms. The van der Waals surface area contributed by atoms with Crippen molar-refractivity contribution in [3.05, 3.63) is 53.7 Å². The largest absolute Gasteiger partial charge is 0.463 e. The van der Waals surface area contributed by atoms with E-state index in [-0.39, 0.29) is 5.28 Å². The molecule has 3 aromatic heterocycles. The van der Waals surface area contributed by atoms with Crippen molar-refractivity contribution in [3.8, 4) is 0 Å². The van der Waals surface area contributed by atoms with Gasteiger partial charge >= 0.3 is 0 Å². The lowest BCUT2D eigenvalue weighted by molar-refractivity contribution is 0.560. The van der Waals surface area contributed by atoms with Gasteiger partial charge in [-0.05, 0) is 35.9 Å².